The van der Waals surface area contributed by atoms with Crippen LogP contribution in [0, 0.1) is 31.8 Å². The molecule has 138 valence electrons. The van der Waals surface area contributed by atoms with E-state index in [1.54, 1.807) is 0 Å². The fourth-order valence-corrected chi connectivity index (χ4v) is 2.34. The van der Waals surface area contributed by atoms with Crippen LogP contribution < -0.4 is 20.9 Å². The average molecular weight is 364 g/mol. The first-order valence-electron chi connectivity index (χ1n) is 8.30. The monoisotopic (exact) mass is 364 g/mol. The molecule has 0 radical (unpaired) electrons. The standard InChI is InChI=1S/C19H20N6O2/c1-13-7-14(2)9-17(8-13)27-6-4-5-22-19(26)25-24-18-15(11-20)10-16(21-3)12-23-18/h7-10,12H,4-6H2,1-2H3,(H,23,24)(H2,22,25,26). The van der Waals surface area contributed by atoms with Crippen molar-refractivity contribution < 1.29 is 9.53 Å². The zero-order valence-electron chi connectivity index (χ0n) is 15.2. The highest BCUT2D eigenvalue weighted by molar-refractivity contribution is 5.75. The minimum atomic E-state index is -0.457. The third kappa shape index (κ3) is 6.22. The zero-order valence-corrected chi connectivity index (χ0v) is 15.2. The molecule has 3 N–H and O–H groups in total. The molecule has 27 heavy (non-hydrogen) atoms. The van der Waals surface area contributed by atoms with E-state index < -0.39 is 6.03 Å². The molecule has 2 aromatic rings. The van der Waals surface area contributed by atoms with Gasteiger partial charge in [0.1, 0.15) is 11.8 Å². The number of pyridine rings is 1. The molecule has 8 nitrogen and oxygen atoms in total. The second kappa shape index (κ2) is 9.64. The van der Waals surface area contributed by atoms with Crippen molar-refractivity contribution >= 4 is 17.5 Å². The number of aryl methyl sites for hydroxylation is 2. The quantitative estimate of drug-likeness (QED) is 0.398. The van der Waals surface area contributed by atoms with Gasteiger partial charge in [0.15, 0.2) is 5.82 Å². The number of hydrazine groups is 1. The predicted molar refractivity (Wildman–Crippen MR) is 101 cm³/mol. The molecular weight excluding hydrogens is 344 g/mol. The van der Waals surface area contributed by atoms with Gasteiger partial charge in [0.05, 0.1) is 18.7 Å². The number of hydrogen-bond acceptors (Lipinski definition) is 5. The van der Waals surface area contributed by atoms with Crippen LogP contribution in [0.4, 0.5) is 16.3 Å². The first-order valence-corrected chi connectivity index (χ1v) is 8.30. The highest BCUT2D eigenvalue weighted by atomic mass is 16.5. The summed E-state index contributed by atoms with van der Waals surface area (Å²) in [5.74, 6) is 0.995. The minimum Gasteiger partial charge on any atom is -0.494 e. The largest absolute Gasteiger partial charge is 0.494 e. The van der Waals surface area contributed by atoms with E-state index in [2.05, 4.69) is 32.1 Å². The number of nitrogens with one attached hydrogen (secondary N) is 3. The van der Waals surface area contributed by atoms with Crippen LogP contribution in [-0.2, 0) is 0 Å². The summed E-state index contributed by atoms with van der Waals surface area (Å²) in [4.78, 5) is 18.9. The molecule has 1 aromatic heterocycles. The second-order valence-corrected chi connectivity index (χ2v) is 5.84. The summed E-state index contributed by atoms with van der Waals surface area (Å²) in [6, 6.07) is 8.87. The van der Waals surface area contributed by atoms with Gasteiger partial charge in [-0.25, -0.2) is 14.6 Å². The fraction of sp³-hybridized carbons (Fsp3) is 0.263. The molecule has 0 fully saturated rings. The normalized spacial score (nSPS) is 9.63. The van der Waals surface area contributed by atoms with E-state index in [9.17, 15) is 4.79 Å². The van der Waals surface area contributed by atoms with Crippen molar-refractivity contribution in [1.29, 1.82) is 5.26 Å². The van der Waals surface area contributed by atoms with E-state index in [-0.39, 0.29) is 17.1 Å². The van der Waals surface area contributed by atoms with Gasteiger partial charge in [-0.05, 0) is 49.6 Å². The van der Waals surface area contributed by atoms with Gasteiger partial charge in [-0.15, -0.1) is 0 Å². The molecule has 0 atom stereocenters. The van der Waals surface area contributed by atoms with Crippen molar-refractivity contribution in [3.8, 4) is 11.8 Å². The topological polar surface area (TPSA) is 103 Å². The van der Waals surface area contributed by atoms with Gasteiger partial charge in [-0.1, -0.05) is 6.07 Å². The predicted octanol–water partition coefficient (Wildman–Crippen LogP) is 3.22. The summed E-state index contributed by atoms with van der Waals surface area (Å²) in [6.07, 6.45) is 1.96. The molecule has 8 heteroatoms. The van der Waals surface area contributed by atoms with Crippen LogP contribution in [-0.4, -0.2) is 24.2 Å². The molecule has 0 saturated heterocycles. The zero-order chi connectivity index (χ0) is 19.6. The van der Waals surface area contributed by atoms with Crippen molar-refractivity contribution in [1.82, 2.24) is 15.7 Å². The van der Waals surface area contributed by atoms with Gasteiger partial charge in [0.25, 0.3) is 0 Å². The van der Waals surface area contributed by atoms with Crippen LogP contribution >= 0.6 is 0 Å². The molecule has 0 unspecified atom stereocenters. The van der Waals surface area contributed by atoms with Crippen molar-refractivity contribution in [2.75, 3.05) is 18.6 Å². The lowest BCUT2D eigenvalue weighted by Gasteiger charge is -2.11. The molecule has 0 aliphatic rings. The number of rotatable bonds is 7. The maximum absolute atomic E-state index is 11.8. The third-order valence-corrected chi connectivity index (χ3v) is 3.49. The Hall–Kier alpha value is -3.78. The molecule has 0 aliphatic heterocycles. The molecule has 0 bridgehead atoms. The average Bonchev–Trinajstić information content (AvgIpc) is 2.65. The maximum atomic E-state index is 11.8. The third-order valence-electron chi connectivity index (χ3n) is 3.49. The smallest absolute Gasteiger partial charge is 0.333 e. The summed E-state index contributed by atoms with van der Waals surface area (Å²) in [5, 5.41) is 11.7. The number of hydrogen-bond donors (Lipinski definition) is 3. The Kier molecular flexibility index (Phi) is 6.98. The number of nitriles is 1. The molecule has 0 aliphatic carbocycles. The van der Waals surface area contributed by atoms with Crippen molar-refractivity contribution in [2.24, 2.45) is 0 Å². The van der Waals surface area contributed by atoms with E-state index >= 15 is 0 Å². The maximum Gasteiger partial charge on any atom is 0.333 e. The number of urea groups is 1. The van der Waals surface area contributed by atoms with Crippen LogP contribution in [0.2, 0.25) is 0 Å². The lowest BCUT2D eigenvalue weighted by molar-refractivity contribution is 0.241. The lowest BCUT2D eigenvalue weighted by atomic mass is 10.1. The number of amides is 2. The Morgan fingerprint density at radius 2 is 2.04 bits per heavy atom. The van der Waals surface area contributed by atoms with E-state index in [0.29, 0.717) is 19.6 Å². The summed E-state index contributed by atoms with van der Waals surface area (Å²) in [5.41, 5.74) is 7.68. The van der Waals surface area contributed by atoms with Crippen molar-refractivity contribution in [2.45, 2.75) is 20.3 Å². The molecular formula is C19H20N6O2. The first kappa shape index (κ1) is 19.5. The molecule has 0 spiro atoms. The van der Waals surface area contributed by atoms with Gasteiger partial charge in [-0.3, -0.25) is 10.9 Å². The SMILES string of the molecule is [C-]#[N+]c1cnc(NNC(=O)NCCCOc2cc(C)cc(C)c2)c(C#N)c1. The lowest BCUT2D eigenvalue weighted by Crippen LogP contribution is -2.40. The van der Waals surface area contributed by atoms with E-state index in [1.165, 1.54) is 12.3 Å². The second-order valence-electron chi connectivity index (χ2n) is 5.84. The van der Waals surface area contributed by atoms with E-state index in [1.807, 2.05) is 32.0 Å². The van der Waals surface area contributed by atoms with E-state index in [0.717, 1.165) is 16.9 Å². The number of carbonyl (C=O) groups excluding carboxylic acids is 1. The molecule has 2 rings (SSSR count). The molecule has 1 heterocycles. The highest BCUT2D eigenvalue weighted by Crippen LogP contribution is 2.18. The minimum absolute atomic E-state index is 0.172. The molecule has 0 saturated carbocycles. The van der Waals surface area contributed by atoms with Crippen LogP contribution in [0.5, 0.6) is 5.75 Å². The van der Waals surface area contributed by atoms with Crippen molar-refractivity contribution in [3.05, 3.63) is 58.6 Å². The summed E-state index contributed by atoms with van der Waals surface area (Å²) < 4.78 is 5.67. The Labute approximate surface area is 158 Å². The van der Waals surface area contributed by atoms with Gasteiger partial charge < -0.3 is 10.1 Å². The number of anilines is 1. The van der Waals surface area contributed by atoms with Crippen LogP contribution in [0.25, 0.3) is 4.85 Å². The summed E-state index contributed by atoms with van der Waals surface area (Å²) >= 11 is 0. The Bertz CT molecular complexity index is 878. The van der Waals surface area contributed by atoms with Gasteiger partial charge in [0, 0.05) is 12.7 Å². The van der Waals surface area contributed by atoms with Crippen LogP contribution in [0.3, 0.4) is 0 Å². The van der Waals surface area contributed by atoms with E-state index in [4.69, 9.17) is 16.6 Å². The number of nitrogens with zero attached hydrogens (tertiary/aromatic N) is 3. The first-order chi connectivity index (χ1) is 13.0. The summed E-state index contributed by atoms with van der Waals surface area (Å²) in [6.45, 7) is 11.8. The van der Waals surface area contributed by atoms with Crippen LogP contribution in [0.1, 0.15) is 23.1 Å². The van der Waals surface area contributed by atoms with Gasteiger partial charge in [0.2, 0.25) is 5.69 Å². The van der Waals surface area contributed by atoms with Gasteiger partial charge >= 0.3 is 6.03 Å². The van der Waals surface area contributed by atoms with Gasteiger partial charge in [-0.2, -0.15) is 5.26 Å². The molecule has 2 amide bonds. The Morgan fingerprint density at radius 1 is 1.30 bits per heavy atom. The van der Waals surface area contributed by atoms with Crippen molar-refractivity contribution in [3.63, 3.8) is 0 Å². The highest BCUT2D eigenvalue weighted by Gasteiger charge is 2.06. The molecule has 1 aromatic carbocycles. The fourth-order valence-electron chi connectivity index (χ4n) is 2.34. The number of benzene rings is 1. The van der Waals surface area contributed by atoms with Crippen LogP contribution in [0.15, 0.2) is 30.5 Å². The summed E-state index contributed by atoms with van der Waals surface area (Å²) in [7, 11) is 0. The Balaban J connectivity index is 1.69. The Morgan fingerprint density at radius 3 is 2.70 bits per heavy atom. The number of aromatic nitrogens is 1. The number of carbonyl (C=O) groups is 1. The number of ether oxygens (including phenoxy) is 1.